The minimum Gasteiger partial charge on any atom is -0.250 e. The molecule has 0 N–H and O–H groups in total. The molecular weight excluding hydrogens is 182 g/mol. The van der Waals surface area contributed by atoms with Crippen LogP contribution >= 0.6 is 0 Å². The number of benzene rings is 1. The number of halogens is 2. The fourth-order valence-corrected chi connectivity index (χ4v) is 1.43. The maximum absolute atomic E-state index is 13.1. The molecule has 0 aromatic heterocycles. The van der Waals surface area contributed by atoms with Crippen molar-refractivity contribution in [2.24, 2.45) is 0 Å². The minimum atomic E-state index is -0.547. The van der Waals surface area contributed by atoms with Gasteiger partial charge in [0.2, 0.25) is 0 Å². The molecule has 0 saturated heterocycles. The van der Waals surface area contributed by atoms with E-state index in [1.165, 1.54) is 12.1 Å². The van der Waals surface area contributed by atoms with Crippen molar-refractivity contribution >= 4 is 0 Å². The molecule has 1 aromatic rings. The van der Waals surface area contributed by atoms with Crippen LogP contribution in [0.3, 0.4) is 0 Å². The summed E-state index contributed by atoms with van der Waals surface area (Å²) in [5.41, 5.74) is 1.57. The van der Waals surface area contributed by atoms with Gasteiger partial charge in [-0.2, -0.15) is 0 Å². The quantitative estimate of drug-likeness (QED) is 0.691. The maximum Gasteiger partial charge on any atom is 0.123 e. The summed E-state index contributed by atoms with van der Waals surface area (Å²) >= 11 is 0. The molecule has 1 atom stereocenters. The molecule has 1 rings (SSSR count). The number of rotatable bonds is 4. The van der Waals surface area contributed by atoms with Crippen molar-refractivity contribution in [3.05, 3.63) is 42.1 Å². The van der Waals surface area contributed by atoms with Crippen LogP contribution in [0.2, 0.25) is 0 Å². The van der Waals surface area contributed by atoms with Gasteiger partial charge in [-0.05, 0) is 36.6 Å². The summed E-state index contributed by atoms with van der Waals surface area (Å²) < 4.78 is 25.4. The fraction of sp³-hybridized carbons (Fsp3) is 0.417. The average molecular weight is 197 g/mol. The summed E-state index contributed by atoms with van der Waals surface area (Å²) in [7, 11) is 0. The van der Waals surface area contributed by atoms with Crippen molar-refractivity contribution < 1.29 is 8.78 Å². The van der Waals surface area contributed by atoms with Crippen LogP contribution in [0.4, 0.5) is 8.78 Å². The molecule has 0 heterocycles. The Morgan fingerprint density at radius 2 is 2.07 bits per heavy atom. The van der Waals surface area contributed by atoms with Gasteiger partial charge >= 0.3 is 0 Å². The summed E-state index contributed by atoms with van der Waals surface area (Å²) in [6.07, 6.45) is 1.78. The Labute approximate surface area is 84.0 Å². The van der Waals surface area contributed by atoms with Crippen molar-refractivity contribution in [3.63, 3.8) is 0 Å². The zero-order valence-corrected chi connectivity index (χ0v) is 8.39. The third kappa shape index (κ3) is 2.79. The predicted molar refractivity (Wildman–Crippen MR) is 54.5 cm³/mol. The largest absolute Gasteiger partial charge is 0.250 e. The first-order chi connectivity index (χ1) is 6.67. The van der Waals surface area contributed by atoms with E-state index in [2.05, 4.69) is 6.92 Å². The molecule has 2 heteroatoms. The van der Waals surface area contributed by atoms with Crippen LogP contribution in [0, 0.1) is 12.7 Å². The van der Waals surface area contributed by atoms with Crippen molar-refractivity contribution in [3.8, 4) is 0 Å². The lowest BCUT2D eigenvalue weighted by atomic mass is 9.98. The van der Waals surface area contributed by atoms with Gasteiger partial charge in [0.05, 0.1) is 6.67 Å². The Balaban J connectivity index is 2.94. The van der Waals surface area contributed by atoms with Crippen molar-refractivity contribution in [1.29, 1.82) is 0 Å². The fourth-order valence-electron chi connectivity index (χ4n) is 1.43. The highest BCUT2D eigenvalue weighted by Gasteiger charge is 2.07. The molecule has 0 aliphatic carbocycles. The number of hydrogen-bond acceptors (Lipinski definition) is 0. The summed E-state index contributed by atoms with van der Waals surface area (Å²) in [6.45, 7) is 5.11. The Morgan fingerprint density at radius 3 is 2.64 bits per heavy atom. The zero-order chi connectivity index (χ0) is 10.6. The maximum atomic E-state index is 13.1. The van der Waals surface area contributed by atoms with E-state index in [-0.39, 0.29) is 5.82 Å². The number of alkyl halides is 1. The molecule has 0 spiro atoms. The Kier molecular flexibility index (Phi) is 4.05. The molecule has 1 radical (unpaired) electrons. The topological polar surface area (TPSA) is 0 Å². The van der Waals surface area contributed by atoms with Crippen molar-refractivity contribution in [2.45, 2.75) is 25.7 Å². The Bertz CT molecular complexity index is 294. The van der Waals surface area contributed by atoms with Crippen LogP contribution in [-0.4, -0.2) is 6.67 Å². The summed E-state index contributed by atoms with van der Waals surface area (Å²) in [6, 6.07) is 4.69. The molecule has 0 fully saturated rings. The van der Waals surface area contributed by atoms with Crippen LogP contribution in [0.15, 0.2) is 18.2 Å². The second kappa shape index (κ2) is 5.08. The molecule has 0 saturated carbocycles. The predicted octanol–water partition coefficient (Wildman–Crippen LogP) is 3.67. The van der Waals surface area contributed by atoms with Crippen LogP contribution in [0.5, 0.6) is 0 Å². The van der Waals surface area contributed by atoms with Gasteiger partial charge in [-0.15, -0.1) is 0 Å². The molecular formula is C12H15F2. The van der Waals surface area contributed by atoms with Crippen LogP contribution in [0.25, 0.3) is 0 Å². The molecule has 77 valence electrons. The number of hydrogen-bond donors (Lipinski definition) is 0. The molecule has 1 aromatic carbocycles. The van der Waals surface area contributed by atoms with Gasteiger partial charge in [-0.1, -0.05) is 19.4 Å². The van der Waals surface area contributed by atoms with Crippen molar-refractivity contribution in [1.82, 2.24) is 0 Å². The van der Waals surface area contributed by atoms with E-state index in [0.717, 1.165) is 18.4 Å². The first-order valence-electron chi connectivity index (χ1n) is 4.85. The standard InChI is InChI=1S/C12H15F2/c1-3-4-10-5-11(9(2)8-13)7-12(14)6-10/h5-7,9H,2-4,8H2,1H3. The Morgan fingerprint density at radius 1 is 1.36 bits per heavy atom. The van der Waals surface area contributed by atoms with Gasteiger partial charge in [0.25, 0.3) is 0 Å². The number of aryl methyl sites for hydroxylation is 1. The third-order valence-corrected chi connectivity index (χ3v) is 2.18. The van der Waals surface area contributed by atoms with E-state index in [9.17, 15) is 8.78 Å². The zero-order valence-electron chi connectivity index (χ0n) is 8.39. The highest BCUT2D eigenvalue weighted by molar-refractivity contribution is 5.28. The second-order valence-electron chi connectivity index (χ2n) is 3.49. The second-order valence-corrected chi connectivity index (χ2v) is 3.49. The monoisotopic (exact) mass is 197 g/mol. The smallest absolute Gasteiger partial charge is 0.123 e. The molecule has 0 aliphatic rings. The summed E-state index contributed by atoms with van der Waals surface area (Å²) in [5, 5.41) is 0. The lowest BCUT2D eigenvalue weighted by Crippen LogP contribution is -1.98. The molecule has 1 unspecified atom stereocenters. The first-order valence-corrected chi connectivity index (χ1v) is 4.85. The highest BCUT2D eigenvalue weighted by atomic mass is 19.1. The van der Waals surface area contributed by atoms with Crippen LogP contribution < -0.4 is 0 Å². The summed E-state index contributed by atoms with van der Waals surface area (Å²) in [4.78, 5) is 0. The van der Waals surface area contributed by atoms with E-state index in [0.29, 0.717) is 5.56 Å². The molecule has 0 aliphatic heterocycles. The minimum absolute atomic E-state index is 0.298. The average Bonchev–Trinajstić information content (AvgIpc) is 2.16. The van der Waals surface area contributed by atoms with Crippen LogP contribution in [0.1, 0.15) is 30.4 Å². The molecule has 0 amide bonds. The van der Waals surface area contributed by atoms with E-state index >= 15 is 0 Å². The van der Waals surface area contributed by atoms with E-state index < -0.39 is 12.6 Å². The third-order valence-electron chi connectivity index (χ3n) is 2.18. The van der Waals surface area contributed by atoms with E-state index in [4.69, 9.17) is 0 Å². The molecule has 0 bridgehead atoms. The first kappa shape index (κ1) is 11.2. The van der Waals surface area contributed by atoms with Crippen LogP contribution in [-0.2, 0) is 6.42 Å². The molecule has 0 nitrogen and oxygen atoms in total. The van der Waals surface area contributed by atoms with Gasteiger partial charge < -0.3 is 0 Å². The Hall–Kier alpha value is -0.920. The van der Waals surface area contributed by atoms with Gasteiger partial charge in [0, 0.05) is 5.92 Å². The van der Waals surface area contributed by atoms with E-state index in [1.54, 1.807) is 0 Å². The normalized spacial score (nSPS) is 12.9. The van der Waals surface area contributed by atoms with Gasteiger partial charge in [-0.25, -0.2) is 4.39 Å². The van der Waals surface area contributed by atoms with E-state index in [1.807, 2.05) is 13.0 Å². The SMILES string of the molecule is [CH2]C(CF)c1cc(F)cc(CCC)c1. The lowest BCUT2D eigenvalue weighted by molar-refractivity contribution is 0.464. The van der Waals surface area contributed by atoms with Gasteiger partial charge in [0.15, 0.2) is 0 Å². The summed E-state index contributed by atoms with van der Waals surface area (Å²) in [5.74, 6) is -0.755. The lowest BCUT2D eigenvalue weighted by Gasteiger charge is -2.09. The van der Waals surface area contributed by atoms with Crippen molar-refractivity contribution in [2.75, 3.05) is 6.67 Å². The molecule has 14 heavy (non-hydrogen) atoms. The van der Waals surface area contributed by atoms with Gasteiger partial charge in [0.1, 0.15) is 5.82 Å². The van der Waals surface area contributed by atoms with Gasteiger partial charge in [-0.3, -0.25) is 4.39 Å². The highest BCUT2D eigenvalue weighted by Crippen LogP contribution is 2.19.